The molecule has 3 N–H and O–H groups in total. The first-order valence-electron chi connectivity index (χ1n) is 4.62. The zero-order chi connectivity index (χ0) is 8.77. The van der Waals surface area contributed by atoms with E-state index in [4.69, 9.17) is 10.8 Å². The Labute approximate surface area is 71.9 Å². The molecule has 0 heterocycles. The lowest BCUT2D eigenvalue weighted by Crippen LogP contribution is -2.40. The van der Waals surface area contributed by atoms with Gasteiger partial charge in [-0.05, 0) is 37.5 Å². The minimum Gasteiger partial charge on any atom is -0.481 e. The Balaban J connectivity index is 1.99. The van der Waals surface area contributed by atoms with Crippen molar-refractivity contribution < 1.29 is 9.90 Å². The lowest BCUT2D eigenvalue weighted by atomic mass is 9.76. The fourth-order valence-electron chi connectivity index (χ4n) is 2.33. The number of carboxylic acid groups (broad SMARTS) is 1. The van der Waals surface area contributed by atoms with Crippen LogP contribution in [0.1, 0.15) is 32.1 Å². The van der Waals surface area contributed by atoms with Crippen molar-refractivity contribution in [1.29, 1.82) is 0 Å². The van der Waals surface area contributed by atoms with Crippen LogP contribution in [0.3, 0.4) is 0 Å². The first-order chi connectivity index (χ1) is 5.64. The van der Waals surface area contributed by atoms with E-state index in [1.165, 1.54) is 12.8 Å². The van der Waals surface area contributed by atoms with Crippen LogP contribution in [0.5, 0.6) is 0 Å². The Morgan fingerprint density at radius 3 is 2.50 bits per heavy atom. The van der Waals surface area contributed by atoms with Crippen molar-refractivity contribution in [3.63, 3.8) is 0 Å². The number of rotatable bonds is 1. The summed E-state index contributed by atoms with van der Waals surface area (Å²) < 4.78 is 0. The molecule has 3 heteroatoms. The average molecular weight is 169 g/mol. The van der Waals surface area contributed by atoms with E-state index >= 15 is 0 Å². The molecule has 0 aliphatic heterocycles. The van der Waals surface area contributed by atoms with Gasteiger partial charge in [0, 0.05) is 6.04 Å². The normalized spacial score (nSPS) is 38.1. The van der Waals surface area contributed by atoms with Crippen LogP contribution in [0.2, 0.25) is 0 Å². The molecule has 2 aliphatic carbocycles. The van der Waals surface area contributed by atoms with E-state index < -0.39 is 5.97 Å². The van der Waals surface area contributed by atoms with Gasteiger partial charge in [0.25, 0.3) is 0 Å². The molecule has 0 aromatic carbocycles. The highest BCUT2D eigenvalue weighted by Crippen LogP contribution is 2.56. The van der Waals surface area contributed by atoms with E-state index in [0.717, 1.165) is 12.8 Å². The Kier molecular flexibility index (Phi) is 1.65. The van der Waals surface area contributed by atoms with Gasteiger partial charge in [-0.2, -0.15) is 0 Å². The smallest absolute Gasteiger partial charge is 0.306 e. The molecule has 1 spiro atoms. The van der Waals surface area contributed by atoms with Crippen molar-refractivity contribution in [2.24, 2.45) is 17.1 Å². The first kappa shape index (κ1) is 8.05. The standard InChI is InChI=1S/C9H15NO2/c10-7-5-6(8(11)12)1-2-9(7)3-4-9/h6-7H,1-5,10H2,(H,11,12). The molecule has 68 valence electrons. The third kappa shape index (κ3) is 1.12. The molecule has 2 unspecified atom stereocenters. The van der Waals surface area contributed by atoms with E-state index in [0.29, 0.717) is 11.8 Å². The van der Waals surface area contributed by atoms with Crippen molar-refractivity contribution in [2.45, 2.75) is 38.1 Å². The molecule has 2 rings (SSSR count). The fraction of sp³-hybridized carbons (Fsp3) is 0.889. The second-order valence-electron chi connectivity index (χ2n) is 4.28. The Morgan fingerprint density at radius 1 is 1.42 bits per heavy atom. The van der Waals surface area contributed by atoms with Crippen molar-refractivity contribution in [2.75, 3.05) is 0 Å². The number of carbonyl (C=O) groups is 1. The molecule has 2 aliphatic rings. The summed E-state index contributed by atoms with van der Waals surface area (Å²) in [5, 5.41) is 8.79. The van der Waals surface area contributed by atoms with Gasteiger partial charge in [-0.1, -0.05) is 0 Å². The number of hydrogen-bond donors (Lipinski definition) is 2. The maximum Gasteiger partial charge on any atom is 0.306 e. The molecule has 2 saturated carbocycles. The first-order valence-corrected chi connectivity index (χ1v) is 4.62. The third-order valence-electron chi connectivity index (χ3n) is 3.56. The van der Waals surface area contributed by atoms with Gasteiger partial charge in [-0.25, -0.2) is 0 Å². The van der Waals surface area contributed by atoms with Gasteiger partial charge in [-0.3, -0.25) is 4.79 Å². The summed E-state index contributed by atoms with van der Waals surface area (Å²) in [6.07, 6.45) is 5.00. The quantitative estimate of drug-likeness (QED) is 0.615. The highest BCUT2D eigenvalue weighted by molar-refractivity contribution is 5.70. The van der Waals surface area contributed by atoms with Gasteiger partial charge in [0.2, 0.25) is 0 Å². The van der Waals surface area contributed by atoms with Crippen molar-refractivity contribution in [3.8, 4) is 0 Å². The van der Waals surface area contributed by atoms with Gasteiger partial charge >= 0.3 is 5.97 Å². The van der Waals surface area contributed by atoms with Crippen LogP contribution < -0.4 is 5.73 Å². The minimum atomic E-state index is -0.666. The summed E-state index contributed by atoms with van der Waals surface area (Å²) in [6.45, 7) is 0. The average Bonchev–Trinajstić information content (AvgIpc) is 2.76. The van der Waals surface area contributed by atoms with Crippen molar-refractivity contribution >= 4 is 5.97 Å². The summed E-state index contributed by atoms with van der Waals surface area (Å²) in [6, 6.07) is 0.146. The van der Waals surface area contributed by atoms with Crippen LogP contribution in [0.15, 0.2) is 0 Å². The summed E-state index contributed by atoms with van der Waals surface area (Å²) in [5.41, 5.74) is 6.31. The Hall–Kier alpha value is -0.570. The molecular weight excluding hydrogens is 154 g/mol. The van der Waals surface area contributed by atoms with E-state index in [1.54, 1.807) is 0 Å². The Morgan fingerprint density at radius 2 is 2.08 bits per heavy atom. The van der Waals surface area contributed by atoms with Crippen LogP contribution in [0.25, 0.3) is 0 Å². The maximum absolute atomic E-state index is 10.7. The molecule has 0 aromatic rings. The molecule has 0 radical (unpaired) electrons. The summed E-state index contributed by atoms with van der Waals surface area (Å²) in [4.78, 5) is 10.7. The molecule has 0 saturated heterocycles. The van der Waals surface area contributed by atoms with Gasteiger partial charge in [0.05, 0.1) is 5.92 Å². The number of nitrogens with two attached hydrogens (primary N) is 1. The van der Waals surface area contributed by atoms with Crippen LogP contribution >= 0.6 is 0 Å². The van der Waals surface area contributed by atoms with E-state index in [2.05, 4.69) is 0 Å². The van der Waals surface area contributed by atoms with Gasteiger partial charge < -0.3 is 10.8 Å². The zero-order valence-electron chi connectivity index (χ0n) is 7.12. The highest BCUT2D eigenvalue weighted by atomic mass is 16.4. The molecule has 2 atom stereocenters. The zero-order valence-corrected chi connectivity index (χ0v) is 7.12. The molecule has 2 fully saturated rings. The van der Waals surface area contributed by atoms with Crippen molar-refractivity contribution in [1.82, 2.24) is 0 Å². The number of hydrogen-bond acceptors (Lipinski definition) is 2. The predicted octanol–water partition coefficient (Wildman–Crippen LogP) is 0.979. The van der Waals surface area contributed by atoms with Crippen LogP contribution in [-0.4, -0.2) is 17.1 Å². The fourth-order valence-corrected chi connectivity index (χ4v) is 2.33. The molecule has 0 bridgehead atoms. The maximum atomic E-state index is 10.7. The number of carboxylic acids is 1. The number of aliphatic carboxylic acids is 1. The largest absolute Gasteiger partial charge is 0.481 e. The van der Waals surface area contributed by atoms with Gasteiger partial charge in [0.1, 0.15) is 0 Å². The highest BCUT2D eigenvalue weighted by Gasteiger charge is 2.51. The summed E-state index contributed by atoms with van der Waals surface area (Å²) in [5.74, 6) is -0.841. The van der Waals surface area contributed by atoms with Crippen LogP contribution in [0, 0.1) is 11.3 Å². The monoisotopic (exact) mass is 169 g/mol. The molecule has 0 aromatic heterocycles. The SMILES string of the molecule is NC1CC(C(=O)O)CCC12CC2. The lowest BCUT2D eigenvalue weighted by molar-refractivity contribution is -0.143. The van der Waals surface area contributed by atoms with E-state index in [-0.39, 0.29) is 12.0 Å². The van der Waals surface area contributed by atoms with Crippen LogP contribution in [0.4, 0.5) is 0 Å². The molecular formula is C9H15NO2. The minimum absolute atomic E-state index is 0.146. The second-order valence-corrected chi connectivity index (χ2v) is 4.28. The summed E-state index contributed by atoms with van der Waals surface area (Å²) >= 11 is 0. The van der Waals surface area contributed by atoms with Crippen LogP contribution in [-0.2, 0) is 4.79 Å². The van der Waals surface area contributed by atoms with Crippen molar-refractivity contribution in [3.05, 3.63) is 0 Å². The van der Waals surface area contributed by atoms with Gasteiger partial charge in [-0.15, -0.1) is 0 Å². The van der Waals surface area contributed by atoms with E-state index in [9.17, 15) is 4.79 Å². The summed E-state index contributed by atoms with van der Waals surface area (Å²) in [7, 11) is 0. The topological polar surface area (TPSA) is 63.3 Å². The Bertz CT molecular complexity index is 211. The van der Waals surface area contributed by atoms with Gasteiger partial charge in [0.15, 0.2) is 0 Å². The third-order valence-corrected chi connectivity index (χ3v) is 3.56. The molecule has 0 amide bonds. The predicted molar refractivity (Wildman–Crippen MR) is 44.6 cm³/mol. The molecule has 12 heavy (non-hydrogen) atoms. The lowest BCUT2D eigenvalue weighted by Gasteiger charge is -2.32. The second kappa shape index (κ2) is 2.46. The van der Waals surface area contributed by atoms with E-state index in [1.807, 2.05) is 0 Å². The molecule has 3 nitrogen and oxygen atoms in total.